The van der Waals surface area contributed by atoms with Crippen molar-refractivity contribution in [3.63, 3.8) is 0 Å². The normalized spacial score (nSPS) is 17.3. The molecule has 2 amide bonds. The quantitative estimate of drug-likeness (QED) is 0.634. The fourth-order valence-electron chi connectivity index (χ4n) is 4.02. The Morgan fingerprint density at radius 2 is 2.03 bits per heavy atom. The average Bonchev–Trinajstić information content (AvgIpc) is 3.41. The van der Waals surface area contributed by atoms with E-state index in [0.717, 1.165) is 11.1 Å². The third-order valence-corrected chi connectivity index (χ3v) is 6.51. The standard InChI is InChI=1S/C23H26N4O2S/c1-3-26-10-11-27(23(29)20-15-25(2)16-24-20)14-18(22(26)28)13-17-7-4-5-8-19(17)21-9-6-12-30-21/h4-9,12,15-16,18H,3,10-11,13-14H2,1-2H3. The van der Waals surface area contributed by atoms with Crippen molar-refractivity contribution in [2.24, 2.45) is 13.0 Å². The molecule has 1 atom stereocenters. The molecule has 6 nitrogen and oxygen atoms in total. The van der Waals surface area contributed by atoms with Gasteiger partial charge in [0.25, 0.3) is 5.91 Å². The van der Waals surface area contributed by atoms with Crippen LogP contribution in [0.15, 0.2) is 54.3 Å². The lowest BCUT2D eigenvalue weighted by Gasteiger charge is -2.24. The van der Waals surface area contributed by atoms with Crippen molar-refractivity contribution in [3.8, 4) is 10.4 Å². The largest absolute Gasteiger partial charge is 0.341 e. The number of hydrogen-bond acceptors (Lipinski definition) is 4. The van der Waals surface area contributed by atoms with Crippen molar-refractivity contribution in [2.45, 2.75) is 13.3 Å². The van der Waals surface area contributed by atoms with Gasteiger partial charge in [0, 0.05) is 44.3 Å². The van der Waals surface area contributed by atoms with E-state index in [1.165, 1.54) is 4.88 Å². The molecule has 1 aromatic carbocycles. The fraction of sp³-hybridized carbons (Fsp3) is 0.348. The van der Waals surface area contributed by atoms with Crippen LogP contribution in [-0.4, -0.2) is 57.3 Å². The second-order valence-corrected chi connectivity index (χ2v) is 8.58. The van der Waals surface area contributed by atoms with Crippen LogP contribution in [0.3, 0.4) is 0 Å². The number of nitrogens with zero attached hydrogens (tertiary/aromatic N) is 4. The molecule has 1 fully saturated rings. The Balaban J connectivity index is 1.62. The highest BCUT2D eigenvalue weighted by molar-refractivity contribution is 7.13. The Labute approximate surface area is 180 Å². The highest BCUT2D eigenvalue weighted by Gasteiger charge is 2.33. The number of amides is 2. The maximum Gasteiger partial charge on any atom is 0.274 e. The van der Waals surface area contributed by atoms with E-state index in [1.807, 2.05) is 37.1 Å². The molecule has 2 aromatic heterocycles. The van der Waals surface area contributed by atoms with E-state index in [0.29, 0.717) is 38.3 Å². The van der Waals surface area contributed by atoms with Crippen molar-refractivity contribution in [3.05, 3.63) is 65.6 Å². The average molecular weight is 423 g/mol. The minimum absolute atomic E-state index is 0.113. The van der Waals surface area contributed by atoms with Crippen LogP contribution >= 0.6 is 11.3 Å². The Kier molecular flexibility index (Phi) is 5.99. The molecule has 3 heterocycles. The van der Waals surface area contributed by atoms with E-state index in [-0.39, 0.29) is 17.7 Å². The minimum atomic E-state index is -0.277. The summed E-state index contributed by atoms with van der Waals surface area (Å²) in [4.78, 5) is 35.4. The number of hydrogen-bond donors (Lipinski definition) is 0. The molecular weight excluding hydrogens is 396 g/mol. The molecule has 1 aliphatic rings. The first kappa shape index (κ1) is 20.3. The first-order chi connectivity index (χ1) is 14.6. The van der Waals surface area contributed by atoms with Crippen molar-refractivity contribution < 1.29 is 9.59 Å². The Bertz CT molecular complexity index is 1030. The summed E-state index contributed by atoms with van der Waals surface area (Å²) in [5, 5.41) is 2.06. The number of carbonyl (C=O) groups excluding carboxylic acids is 2. The van der Waals surface area contributed by atoms with E-state index in [1.54, 1.807) is 33.3 Å². The first-order valence-electron chi connectivity index (χ1n) is 10.2. The van der Waals surface area contributed by atoms with Crippen LogP contribution in [0.1, 0.15) is 23.0 Å². The summed E-state index contributed by atoms with van der Waals surface area (Å²) in [5.74, 6) is -0.270. The van der Waals surface area contributed by atoms with Gasteiger partial charge in [0.1, 0.15) is 5.69 Å². The van der Waals surface area contributed by atoms with Crippen LogP contribution in [0.2, 0.25) is 0 Å². The summed E-state index contributed by atoms with van der Waals surface area (Å²) in [6, 6.07) is 12.4. The van der Waals surface area contributed by atoms with Gasteiger partial charge in [0.05, 0.1) is 12.2 Å². The summed E-state index contributed by atoms with van der Waals surface area (Å²) in [6.45, 7) is 4.12. The summed E-state index contributed by atoms with van der Waals surface area (Å²) in [5.41, 5.74) is 2.73. The predicted molar refractivity (Wildman–Crippen MR) is 118 cm³/mol. The molecule has 1 aliphatic heterocycles. The summed E-state index contributed by atoms with van der Waals surface area (Å²) < 4.78 is 1.77. The molecule has 4 rings (SSSR count). The predicted octanol–water partition coefficient (Wildman–Crippen LogP) is 3.31. The van der Waals surface area contributed by atoms with E-state index >= 15 is 0 Å². The Hall–Kier alpha value is -2.93. The van der Waals surface area contributed by atoms with Gasteiger partial charge < -0.3 is 14.4 Å². The maximum atomic E-state index is 13.3. The summed E-state index contributed by atoms with van der Waals surface area (Å²) in [7, 11) is 1.85. The fourth-order valence-corrected chi connectivity index (χ4v) is 4.80. The topological polar surface area (TPSA) is 58.4 Å². The van der Waals surface area contributed by atoms with Crippen molar-refractivity contribution in [1.82, 2.24) is 19.4 Å². The molecule has 0 aliphatic carbocycles. The Morgan fingerprint density at radius 1 is 1.20 bits per heavy atom. The van der Waals surface area contributed by atoms with Gasteiger partial charge in [-0.15, -0.1) is 11.3 Å². The molecule has 156 valence electrons. The van der Waals surface area contributed by atoms with Gasteiger partial charge in [-0.1, -0.05) is 30.3 Å². The zero-order valence-electron chi connectivity index (χ0n) is 17.3. The number of imidazole rings is 1. The summed E-state index contributed by atoms with van der Waals surface area (Å²) in [6.07, 6.45) is 3.96. The number of benzene rings is 1. The second-order valence-electron chi connectivity index (χ2n) is 7.63. The van der Waals surface area contributed by atoms with Crippen molar-refractivity contribution >= 4 is 23.2 Å². The zero-order chi connectivity index (χ0) is 21.1. The molecule has 0 N–H and O–H groups in total. The number of aryl methyl sites for hydroxylation is 1. The molecule has 7 heteroatoms. The lowest BCUT2D eigenvalue weighted by molar-refractivity contribution is -0.134. The van der Waals surface area contributed by atoms with Gasteiger partial charge in [0.15, 0.2) is 0 Å². The van der Waals surface area contributed by atoms with Crippen LogP contribution < -0.4 is 0 Å². The van der Waals surface area contributed by atoms with Gasteiger partial charge in [-0.05, 0) is 35.9 Å². The maximum absolute atomic E-state index is 13.3. The van der Waals surface area contributed by atoms with Crippen LogP contribution in [0.5, 0.6) is 0 Å². The lowest BCUT2D eigenvalue weighted by Crippen LogP contribution is -2.38. The van der Waals surface area contributed by atoms with Gasteiger partial charge in [-0.3, -0.25) is 9.59 Å². The van der Waals surface area contributed by atoms with Gasteiger partial charge in [0.2, 0.25) is 5.91 Å². The number of aromatic nitrogens is 2. The SMILES string of the molecule is CCN1CCN(C(=O)c2cn(C)cn2)CC(Cc2ccccc2-c2cccs2)C1=O. The first-order valence-corrected chi connectivity index (χ1v) is 11.1. The van der Waals surface area contributed by atoms with E-state index in [4.69, 9.17) is 0 Å². The number of carbonyl (C=O) groups is 2. The molecule has 0 spiro atoms. The highest BCUT2D eigenvalue weighted by atomic mass is 32.1. The van der Waals surface area contributed by atoms with E-state index < -0.39 is 0 Å². The van der Waals surface area contributed by atoms with E-state index in [9.17, 15) is 9.59 Å². The van der Waals surface area contributed by atoms with Gasteiger partial charge >= 0.3 is 0 Å². The molecule has 0 bridgehead atoms. The number of thiophene rings is 1. The van der Waals surface area contributed by atoms with Crippen molar-refractivity contribution in [1.29, 1.82) is 0 Å². The molecule has 0 radical (unpaired) electrons. The smallest absolute Gasteiger partial charge is 0.274 e. The van der Waals surface area contributed by atoms with E-state index in [2.05, 4.69) is 28.6 Å². The second kappa shape index (κ2) is 8.83. The monoisotopic (exact) mass is 422 g/mol. The summed E-state index contributed by atoms with van der Waals surface area (Å²) >= 11 is 1.70. The highest BCUT2D eigenvalue weighted by Crippen LogP contribution is 2.30. The Morgan fingerprint density at radius 3 is 2.73 bits per heavy atom. The van der Waals surface area contributed by atoms with Crippen LogP contribution in [-0.2, 0) is 18.3 Å². The zero-order valence-corrected chi connectivity index (χ0v) is 18.1. The third-order valence-electron chi connectivity index (χ3n) is 5.60. The van der Waals surface area contributed by atoms with Crippen LogP contribution in [0.4, 0.5) is 0 Å². The molecular formula is C23H26N4O2S. The van der Waals surface area contributed by atoms with Crippen LogP contribution in [0, 0.1) is 5.92 Å². The molecule has 0 saturated carbocycles. The molecule has 1 unspecified atom stereocenters. The lowest BCUT2D eigenvalue weighted by atomic mass is 9.93. The van der Waals surface area contributed by atoms with Gasteiger partial charge in [-0.25, -0.2) is 4.98 Å². The van der Waals surface area contributed by atoms with Crippen LogP contribution in [0.25, 0.3) is 10.4 Å². The third kappa shape index (κ3) is 4.16. The molecule has 1 saturated heterocycles. The van der Waals surface area contributed by atoms with Gasteiger partial charge in [-0.2, -0.15) is 0 Å². The minimum Gasteiger partial charge on any atom is -0.341 e. The van der Waals surface area contributed by atoms with Crippen molar-refractivity contribution in [2.75, 3.05) is 26.2 Å². The molecule has 3 aromatic rings. The molecule has 30 heavy (non-hydrogen) atoms. The number of likely N-dealkylation sites (N-methyl/N-ethyl adjacent to an activating group) is 1. The number of rotatable bonds is 5.